The molecule has 0 saturated carbocycles. The summed E-state index contributed by atoms with van der Waals surface area (Å²) in [4.78, 5) is 14.3. The molecule has 5 nitrogen and oxygen atoms in total. The summed E-state index contributed by atoms with van der Waals surface area (Å²) in [5.41, 5.74) is 0.586. The van der Waals surface area contributed by atoms with E-state index in [4.69, 9.17) is 9.47 Å². The summed E-state index contributed by atoms with van der Waals surface area (Å²) in [5.74, 6) is 1.27. The number of carbonyl (C=O) groups is 1. The van der Waals surface area contributed by atoms with Crippen LogP contribution in [-0.4, -0.2) is 48.8 Å². The minimum atomic E-state index is -0.316. The molecule has 1 aromatic rings. The van der Waals surface area contributed by atoms with Gasteiger partial charge in [-0.1, -0.05) is 6.92 Å². The molecule has 1 aliphatic rings. The number of nitrogens with zero attached hydrogens (tertiary/aromatic N) is 1. The number of likely N-dealkylation sites (tertiary alicyclic amines) is 1. The maximum absolute atomic E-state index is 12.6. The highest BCUT2D eigenvalue weighted by Crippen LogP contribution is 2.29. The summed E-state index contributed by atoms with van der Waals surface area (Å²) >= 11 is 0. The second-order valence-electron chi connectivity index (χ2n) is 5.38. The summed E-state index contributed by atoms with van der Waals surface area (Å²) in [6.07, 6.45) is 0.311. The number of ether oxygens (including phenoxy) is 2. The number of amides is 1. The lowest BCUT2D eigenvalue weighted by Crippen LogP contribution is -2.44. The van der Waals surface area contributed by atoms with Crippen LogP contribution >= 0.6 is 0 Å². The van der Waals surface area contributed by atoms with Gasteiger partial charge in [-0.15, -0.1) is 0 Å². The van der Waals surface area contributed by atoms with Gasteiger partial charge in [-0.3, -0.25) is 4.79 Å². The van der Waals surface area contributed by atoms with E-state index in [0.717, 1.165) is 0 Å². The van der Waals surface area contributed by atoms with Gasteiger partial charge in [0.2, 0.25) is 0 Å². The highest BCUT2D eigenvalue weighted by atomic mass is 16.5. The molecular formula is C16H23NO4. The van der Waals surface area contributed by atoms with Crippen molar-refractivity contribution in [2.45, 2.75) is 26.4 Å². The Morgan fingerprint density at radius 1 is 1.43 bits per heavy atom. The Kier molecular flexibility index (Phi) is 5.07. The van der Waals surface area contributed by atoms with Crippen LogP contribution in [0.3, 0.4) is 0 Å². The van der Waals surface area contributed by atoms with E-state index in [2.05, 4.69) is 0 Å². The average Bonchev–Trinajstić information content (AvgIpc) is 2.49. The summed E-state index contributed by atoms with van der Waals surface area (Å²) in [5, 5.41) is 9.76. The van der Waals surface area contributed by atoms with Crippen molar-refractivity contribution in [2.75, 3.05) is 26.8 Å². The van der Waals surface area contributed by atoms with Gasteiger partial charge in [-0.2, -0.15) is 0 Å². The molecule has 0 aliphatic carbocycles. The van der Waals surface area contributed by atoms with Gasteiger partial charge in [0.1, 0.15) is 0 Å². The SMILES string of the molecule is CCOc1cc(C(=O)N2CCC(O)C(C)C2)ccc1OC. The Bertz CT molecular complexity index is 503. The van der Waals surface area contributed by atoms with Crippen molar-refractivity contribution in [3.8, 4) is 11.5 Å². The first-order chi connectivity index (χ1) is 10.1. The third-order valence-electron chi connectivity index (χ3n) is 3.86. The number of carbonyl (C=O) groups excluding carboxylic acids is 1. The first-order valence-electron chi connectivity index (χ1n) is 7.35. The maximum Gasteiger partial charge on any atom is 0.254 e. The number of aliphatic hydroxyl groups excluding tert-OH is 1. The van der Waals surface area contributed by atoms with E-state index >= 15 is 0 Å². The molecule has 2 atom stereocenters. The molecule has 1 amide bonds. The predicted molar refractivity (Wildman–Crippen MR) is 79.9 cm³/mol. The van der Waals surface area contributed by atoms with Gasteiger partial charge in [0, 0.05) is 18.7 Å². The van der Waals surface area contributed by atoms with E-state index in [1.807, 2.05) is 13.8 Å². The molecule has 1 fully saturated rings. The van der Waals surface area contributed by atoms with Crippen LogP contribution in [0.1, 0.15) is 30.6 Å². The quantitative estimate of drug-likeness (QED) is 0.921. The lowest BCUT2D eigenvalue weighted by atomic mass is 9.96. The zero-order valence-corrected chi connectivity index (χ0v) is 12.8. The number of piperidine rings is 1. The average molecular weight is 293 g/mol. The minimum absolute atomic E-state index is 0.0302. The molecular weight excluding hydrogens is 270 g/mol. The monoisotopic (exact) mass is 293 g/mol. The van der Waals surface area contributed by atoms with Gasteiger partial charge in [0.05, 0.1) is 19.8 Å². The van der Waals surface area contributed by atoms with Crippen LogP contribution < -0.4 is 9.47 Å². The largest absolute Gasteiger partial charge is 0.493 e. The zero-order chi connectivity index (χ0) is 15.4. The van der Waals surface area contributed by atoms with Crippen molar-refractivity contribution in [3.05, 3.63) is 23.8 Å². The Balaban J connectivity index is 2.17. The van der Waals surface area contributed by atoms with E-state index in [-0.39, 0.29) is 17.9 Å². The van der Waals surface area contributed by atoms with Crippen LogP contribution in [0, 0.1) is 5.92 Å². The smallest absolute Gasteiger partial charge is 0.254 e. The van der Waals surface area contributed by atoms with Crippen LogP contribution in [0.15, 0.2) is 18.2 Å². The van der Waals surface area contributed by atoms with Gasteiger partial charge >= 0.3 is 0 Å². The minimum Gasteiger partial charge on any atom is -0.493 e. The van der Waals surface area contributed by atoms with Crippen LogP contribution in [-0.2, 0) is 0 Å². The molecule has 21 heavy (non-hydrogen) atoms. The van der Waals surface area contributed by atoms with Crippen molar-refractivity contribution in [1.29, 1.82) is 0 Å². The molecule has 5 heteroatoms. The van der Waals surface area contributed by atoms with E-state index in [0.29, 0.717) is 43.2 Å². The summed E-state index contributed by atoms with van der Waals surface area (Å²) < 4.78 is 10.7. The highest BCUT2D eigenvalue weighted by Gasteiger charge is 2.28. The molecule has 1 aliphatic heterocycles. The fraction of sp³-hybridized carbons (Fsp3) is 0.562. The highest BCUT2D eigenvalue weighted by molar-refractivity contribution is 5.95. The second-order valence-corrected chi connectivity index (χ2v) is 5.38. The lowest BCUT2D eigenvalue weighted by molar-refractivity contribution is 0.0297. The summed E-state index contributed by atoms with van der Waals surface area (Å²) in [6.45, 7) is 5.53. The fourth-order valence-corrected chi connectivity index (χ4v) is 2.58. The number of rotatable bonds is 4. The lowest BCUT2D eigenvalue weighted by Gasteiger charge is -2.34. The number of methoxy groups -OCH3 is 1. The van der Waals surface area contributed by atoms with Gasteiger partial charge in [0.25, 0.3) is 5.91 Å². The van der Waals surface area contributed by atoms with E-state index < -0.39 is 0 Å². The topological polar surface area (TPSA) is 59.0 Å². The summed E-state index contributed by atoms with van der Waals surface area (Å²) in [6, 6.07) is 5.22. The molecule has 0 spiro atoms. The fourth-order valence-electron chi connectivity index (χ4n) is 2.58. The Hall–Kier alpha value is -1.75. The summed E-state index contributed by atoms with van der Waals surface area (Å²) in [7, 11) is 1.58. The van der Waals surface area contributed by atoms with Crippen molar-refractivity contribution < 1.29 is 19.4 Å². The molecule has 1 heterocycles. The van der Waals surface area contributed by atoms with Crippen LogP contribution in [0.2, 0.25) is 0 Å². The van der Waals surface area contributed by atoms with Gasteiger partial charge in [0.15, 0.2) is 11.5 Å². The van der Waals surface area contributed by atoms with Gasteiger partial charge in [-0.05, 0) is 37.5 Å². The van der Waals surface area contributed by atoms with E-state index in [9.17, 15) is 9.90 Å². The standard InChI is InChI=1S/C16H23NO4/c1-4-21-15-9-12(5-6-14(15)20-3)16(19)17-8-7-13(18)11(2)10-17/h5-6,9,11,13,18H,4,7-8,10H2,1-3H3. The van der Waals surface area contributed by atoms with Crippen molar-refractivity contribution >= 4 is 5.91 Å². The molecule has 0 radical (unpaired) electrons. The maximum atomic E-state index is 12.6. The van der Waals surface area contributed by atoms with Crippen molar-refractivity contribution in [1.82, 2.24) is 4.90 Å². The third kappa shape index (κ3) is 3.47. The first-order valence-corrected chi connectivity index (χ1v) is 7.35. The van der Waals surface area contributed by atoms with E-state index in [1.54, 1.807) is 30.2 Å². The normalized spacial score (nSPS) is 22.0. The van der Waals surface area contributed by atoms with Gasteiger partial charge in [-0.25, -0.2) is 0 Å². The molecule has 116 valence electrons. The van der Waals surface area contributed by atoms with Crippen molar-refractivity contribution in [3.63, 3.8) is 0 Å². The number of hydrogen-bond donors (Lipinski definition) is 1. The number of hydrogen-bond acceptors (Lipinski definition) is 4. The first kappa shape index (κ1) is 15.6. The predicted octanol–water partition coefficient (Wildman–Crippen LogP) is 1.94. The van der Waals surface area contributed by atoms with Crippen LogP contribution in [0.4, 0.5) is 0 Å². The molecule has 0 bridgehead atoms. The molecule has 1 saturated heterocycles. The second kappa shape index (κ2) is 6.80. The van der Waals surface area contributed by atoms with Gasteiger partial charge < -0.3 is 19.5 Å². The van der Waals surface area contributed by atoms with E-state index in [1.165, 1.54) is 0 Å². The molecule has 1 N–H and O–H groups in total. The Morgan fingerprint density at radius 3 is 2.81 bits per heavy atom. The Morgan fingerprint density at radius 2 is 2.19 bits per heavy atom. The number of aliphatic hydroxyl groups is 1. The molecule has 1 aromatic carbocycles. The molecule has 2 unspecified atom stereocenters. The number of benzene rings is 1. The van der Waals surface area contributed by atoms with Crippen molar-refractivity contribution in [2.24, 2.45) is 5.92 Å². The molecule has 2 rings (SSSR count). The third-order valence-corrected chi connectivity index (χ3v) is 3.86. The zero-order valence-electron chi connectivity index (χ0n) is 12.8. The van der Waals surface area contributed by atoms with Crippen LogP contribution in [0.25, 0.3) is 0 Å². The van der Waals surface area contributed by atoms with Crippen LogP contribution in [0.5, 0.6) is 11.5 Å². The Labute approximate surface area is 125 Å². The molecule has 0 aromatic heterocycles.